The van der Waals surface area contributed by atoms with E-state index in [0.717, 1.165) is 10.4 Å². The van der Waals surface area contributed by atoms with Gasteiger partial charge in [-0.05, 0) is 5.56 Å². The van der Waals surface area contributed by atoms with Crippen LogP contribution < -0.4 is 5.32 Å². The average molecular weight is 262 g/mol. The van der Waals surface area contributed by atoms with Gasteiger partial charge in [-0.2, -0.15) is 0 Å². The lowest BCUT2D eigenvalue weighted by Gasteiger charge is -2.04. The Kier molecular flexibility index (Phi) is 4.44. The van der Waals surface area contributed by atoms with Gasteiger partial charge in [-0.1, -0.05) is 30.3 Å². The summed E-state index contributed by atoms with van der Waals surface area (Å²) in [6.07, 6.45) is 0. The molecule has 2 aromatic rings. The van der Waals surface area contributed by atoms with Crippen molar-refractivity contribution in [1.29, 1.82) is 0 Å². The Bertz CT molecular complexity index is 511. The Hall–Kier alpha value is -1.72. The van der Waals surface area contributed by atoms with Crippen molar-refractivity contribution in [2.24, 2.45) is 0 Å². The molecule has 0 spiro atoms. The molecule has 0 bridgehead atoms. The van der Waals surface area contributed by atoms with Gasteiger partial charge in [0.1, 0.15) is 5.69 Å². The Morgan fingerprint density at radius 1 is 1.39 bits per heavy atom. The molecule has 0 atom stereocenters. The Morgan fingerprint density at radius 2 is 2.17 bits per heavy atom. The minimum Gasteiger partial charge on any atom is -0.383 e. The normalized spacial score (nSPS) is 10.3. The second-order valence-corrected chi connectivity index (χ2v) is 4.50. The number of nitrogens with zero attached hydrogens (tertiary/aromatic N) is 1. The molecule has 1 heterocycles. The van der Waals surface area contributed by atoms with Crippen LogP contribution in [0.1, 0.15) is 10.5 Å². The van der Waals surface area contributed by atoms with Gasteiger partial charge in [-0.3, -0.25) is 4.79 Å². The van der Waals surface area contributed by atoms with Gasteiger partial charge >= 0.3 is 0 Å². The van der Waals surface area contributed by atoms with Crippen LogP contribution in [-0.4, -0.2) is 31.2 Å². The Labute approximate surface area is 110 Å². The third-order valence-electron chi connectivity index (χ3n) is 2.41. The zero-order valence-electron chi connectivity index (χ0n) is 10.1. The second kappa shape index (κ2) is 6.28. The predicted molar refractivity (Wildman–Crippen MR) is 71.8 cm³/mol. The maximum atomic E-state index is 12.0. The highest BCUT2D eigenvalue weighted by Gasteiger charge is 2.15. The number of benzene rings is 1. The maximum absolute atomic E-state index is 12.0. The van der Waals surface area contributed by atoms with E-state index in [1.165, 1.54) is 11.3 Å². The van der Waals surface area contributed by atoms with Crippen molar-refractivity contribution in [2.75, 3.05) is 20.3 Å². The fraction of sp³-hybridized carbons (Fsp3) is 0.231. The predicted octanol–water partition coefficient (Wildman–Crippen LogP) is 2.19. The molecule has 0 saturated carbocycles. The third kappa shape index (κ3) is 2.94. The van der Waals surface area contributed by atoms with Gasteiger partial charge in [-0.15, -0.1) is 11.3 Å². The molecule has 4 nitrogen and oxygen atoms in total. The first-order chi connectivity index (χ1) is 8.83. The average Bonchev–Trinajstić information content (AvgIpc) is 2.89. The van der Waals surface area contributed by atoms with Crippen LogP contribution in [0.2, 0.25) is 0 Å². The van der Waals surface area contributed by atoms with Gasteiger partial charge in [0.05, 0.1) is 17.0 Å². The number of aromatic nitrogens is 1. The van der Waals surface area contributed by atoms with E-state index in [0.29, 0.717) is 18.8 Å². The van der Waals surface area contributed by atoms with Gasteiger partial charge in [-0.25, -0.2) is 4.98 Å². The van der Waals surface area contributed by atoms with Crippen molar-refractivity contribution in [2.45, 2.75) is 0 Å². The SMILES string of the molecule is COCCNC(=O)c1ncsc1-c1ccccc1. The largest absolute Gasteiger partial charge is 0.383 e. The molecular formula is C13H14N2O2S. The fourth-order valence-corrected chi connectivity index (χ4v) is 2.35. The first kappa shape index (κ1) is 12.7. The summed E-state index contributed by atoms with van der Waals surface area (Å²) in [7, 11) is 1.60. The van der Waals surface area contributed by atoms with Gasteiger partial charge < -0.3 is 10.1 Å². The van der Waals surface area contributed by atoms with Gasteiger partial charge in [0.2, 0.25) is 0 Å². The Balaban J connectivity index is 2.15. The lowest BCUT2D eigenvalue weighted by molar-refractivity contribution is 0.0933. The number of ether oxygens (including phenoxy) is 1. The van der Waals surface area contributed by atoms with E-state index in [1.807, 2.05) is 30.3 Å². The van der Waals surface area contributed by atoms with Crippen molar-refractivity contribution in [3.63, 3.8) is 0 Å². The van der Waals surface area contributed by atoms with Crippen LogP contribution in [0.25, 0.3) is 10.4 Å². The summed E-state index contributed by atoms with van der Waals surface area (Å²) in [5.74, 6) is -0.160. The third-order valence-corrected chi connectivity index (χ3v) is 3.29. The summed E-state index contributed by atoms with van der Waals surface area (Å²) < 4.78 is 4.89. The van der Waals surface area contributed by atoms with Crippen LogP contribution in [0, 0.1) is 0 Å². The fourth-order valence-electron chi connectivity index (χ4n) is 1.55. The molecule has 0 fully saturated rings. The minimum atomic E-state index is -0.160. The molecule has 0 aliphatic carbocycles. The number of nitrogens with one attached hydrogen (secondary N) is 1. The minimum absolute atomic E-state index is 0.160. The standard InChI is InChI=1S/C13H14N2O2S/c1-17-8-7-14-13(16)11-12(18-9-15-11)10-5-3-2-4-6-10/h2-6,9H,7-8H2,1H3,(H,14,16). The summed E-state index contributed by atoms with van der Waals surface area (Å²) in [4.78, 5) is 17.0. The molecule has 0 aliphatic heterocycles. The zero-order chi connectivity index (χ0) is 12.8. The highest BCUT2D eigenvalue weighted by atomic mass is 32.1. The second-order valence-electron chi connectivity index (χ2n) is 3.64. The van der Waals surface area contributed by atoms with Crippen molar-refractivity contribution in [3.8, 4) is 10.4 Å². The van der Waals surface area contributed by atoms with E-state index in [9.17, 15) is 4.79 Å². The molecule has 0 saturated heterocycles. The molecule has 2 rings (SSSR count). The van der Waals surface area contributed by atoms with E-state index < -0.39 is 0 Å². The lowest BCUT2D eigenvalue weighted by atomic mass is 10.1. The van der Waals surface area contributed by atoms with Crippen LogP contribution in [0.15, 0.2) is 35.8 Å². The van der Waals surface area contributed by atoms with E-state index in [4.69, 9.17) is 4.74 Å². The van der Waals surface area contributed by atoms with Crippen LogP contribution in [0.5, 0.6) is 0 Å². The topological polar surface area (TPSA) is 51.2 Å². The summed E-state index contributed by atoms with van der Waals surface area (Å²) in [5.41, 5.74) is 3.17. The summed E-state index contributed by atoms with van der Waals surface area (Å²) >= 11 is 1.47. The van der Waals surface area contributed by atoms with Crippen LogP contribution in [0.4, 0.5) is 0 Å². The molecule has 0 unspecified atom stereocenters. The molecule has 0 aliphatic rings. The van der Waals surface area contributed by atoms with Crippen molar-refractivity contribution in [1.82, 2.24) is 10.3 Å². The quantitative estimate of drug-likeness (QED) is 0.840. The molecule has 94 valence electrons. The highest BCUT2D eigenvalue weighted by Crippen LogP contribution is 2.27. The molecule has 1 aromatic heterocycles. The number of amides is 1. The number of carbonyl (C=O) groups excluding carboxylic acids is 1. The van der Waals surface area contributed by atoms with Crippen molar-refractivity contribution >= 4 is 17.2 Å². The van der Waals surface area contributed by atoms with Gasteiger partial charge in [0.15, 0.2) is 0 Å². The zero-order valence-corrected chi connectivity index (χ0v) is 10.9. The summed E-state index contributed by atoms with van der Waals surface area (Å²) in [6.45, 7) is 0.984. The monoisotopic (exact) mass is 262 g/mol. The number of rotatable bonds is 5. The molecule has 18 heavy (non-hydrogen) atoms. The number of hydrogen-bond donors (Lipinski definition) is 1. The van der Waals surface area contributed by atoms with Crippen LogP contribution in [0.3, 0.4) is 0 Å². The molecule has 1 aromatic carbocycles. The molecule has 5 heteroatoms. The van der Waals surface area contributed by atoms with Crippen LogP contribution in [-0.2, 0) is 4.74 Å². The number of methoxy groups -OCH3 is 1. The first-order valence-electron chi connectivity index (χ1n) is 5.59. The Morgan fingerprint density at radius 3 is 2.89 bits per heavy atom. The number of hydrogen-bond acceptors (Lipinski definition) is 4. The number of thiazole rings is 1. The molecule has 0 radical (unpaired) electrons. The lowest BCUT2D eigenvalue weighted by Crippen LogP contribution is -2.27. The first-order valence-corrected chi connectivity index (χ1v) is 6.47. The highest BCUT2D eigenvalue weighted by molar-refractivity contribution is 7.13. The van der Waals surface area contributed by atoms with Crippen LogP contribution >= 0.6 is 11.3 Å². The number of carbonyl (C=O) groups is 1. The molecule has 1 amide bonds. The van der Waals surface area contributed by atoms with Gasteiger partial charge in [0.25, 0.3) is 5.91 Å². The molecular weight excluding hydrogens is 248 g/mol. The van der Waals surface area contributed by atoms with E-state index in [-0.39, 0.29) is 5.91 Å². The van der Waals surface area contributed by atoms with E-state index >= 15 is 0 Å². The summed E-state index contributed by atoms with van der Waals surface area (Å²) in [6, 6.07) is 9.78. The smallest absolute Gasteiger partial charge is 0.271 e. The maximum Gasteiger partial charge on any atom is 0.271 e. The van der Waals surface area contributed by atoms with E-state index in [2.05, 4.69) is 10.3 Å². The van der Waals surface area contributed by atoms with Gasteiger partial charge in [0, 0.05) is 13.7 Å². The van der Waals surface area contributed by atoms with Crippen molar-refractivity contribution in [3.05, 3.63) is 41.5 Å². The molecule has 1 N–H and O–H groups in total. The van der Waals surface area contributed by atoms with E-state index in [1.54, 1.807) is 12.6 Å². The summed E-state index contributed by atoms with van der Waals surface area (Å²) in [5, 5.41) is 2.78. The van der Waals surface area contributed by atoms with Crippen molar-refractivity contribution < 1.29 is 9.53 Å².